The third kappa shape index (κ3) is 3.83. The van der Waals surface area contributed by atoms with Gasteiger partial charge in [-0.05, 0) is 48.6 Å². The minimum absolute atomic E-state index is 0.579. The van der Waals surface area contributed by atoms with Crippen molar-refractivity contribution in [3.8, 4) is 17.0 Å². The molecular formula is C18H13BrCl2N2O. The Morgan fingerprint density at radius 3 is 2.71 bits per heavy atom. The number of halogens is 3. The zero-order valence-corrected chi connectivity index (χ0v) is 15.8. The molecule has 0 bridgehead atoms. The van der Waals surface area contributed by atoms with Gasteiger partial charge in [-0.2, -0.15) is 0 Å². The van der Waals surface area contributed by atoms with E-state index in [1.54, 1.807) is 25.4 Å². The number of hydrogen-bond donors (Lipinski definition) is 1. The number of rotatable bonds is 4. The molecule has 0 aliphatic rings. The number of hydrogen-bond acceptors (Lipinski definition) is 2. The van der Waals surface area contributed by atoms with Gasteiger partial charge < -0.3 is 9.72 Å². The molecular weight excluding hydrogens is 411 g/mol. The topological polar surface area (TPSA) is 37.9 Å². The van der Waals surface area contributed by atoms with Gasteiger partial charge in [0.2, 0.25) is 0 Å². The fraction of sp³-hybridized carbons (Fsp3) is 0.0556. The third-order valence-corrected chi connectivity index (χ3v) is 4.47. The zero-order valence-electron chi connectivity index (χ0n) is 12.7. The van der Waals surface area contributed by atoms with E-state index in [1.165, 1.54) is 0 Å². The molecule has 24 heavy (non-hydrogen) atoms. The van der Waals surface area contributed by atoms with Crippen LogP contribution in [0.1, 0.15) is 11.4 Å². The van der Waals surface area contributed by atoms with Crippen molar-refractivity contribution in [1.82, 2.24) is 9.97 Å². The first-order valence-electron chi connectivity index (χ1n) is 7.09. The van der Waals surface area contributed by atoms with E-state index in [-0.39, 0.29) is 0 Å². The summed E-state index contributed by atoms with van der Waals surface area (Å²) >= 11 is 15.6. The van der Waals surface area contributed by atoms with E-state index in [0.717, 1.165) is 32.9 Å². The first-order chi connectivity index (χ1) is 11.6. The van der Waals surface area contributed by atoms with Crippen LogP contribution in [0.3, 0.4) is 0 Å². The molecule has 0 saturated heterocycles. The lowest BCUT2D eigenvalue weighted by molar-refractivity contribution is 0.414. The SMILES string of the molecule is COc1ccc(Br)cc1/C=C/c1ncc(-c2ccc(Cl)cc2Cl)[nH]1. The van der Waals surface area contributed by atoms with Crippen molar-refractivity contribution in [3.05, 3.63) is 68.5 Å². The predicted molar refractivity (Wildman–Crippen MR) is 104 cm³/mol. The highest BCUT2D eigenvalue weighted by Gasteiger charge is 2.07. The molecule has 0 unspecified atom stereocenters. The van der Waals surface area contributed by atoms with Crippen LogP contribution in [0.25, 0.3) is 23.4 Å². The Morgan fingerprint density at radius 1 is 1.12 bits per heavy atom. The van der Waals surface area contributed by atoms with Gasteiger partial charge in [-0.1, -0.05) is 39.1 Å². The van der Waals surface area contributed by atoms with Gasteiger partial charge in [0.25, 0.3) is 0 Å². The second kappa shape index (κ2) is 7.43. The van der Waals surface area contributed by atoms with Crippen molar-refractivity contribution in [2.24, 2.45) is 0 Å². The molecule has 3 aromatic rings. The molecule has 122 valence electrons. The smallest absolute Gasteiger partial charge is 0.130 e. The van der Waals surface area contributed by atoms with E-state index < -0.39 is 0 Å². The predicted octanol–water partition coefficient (Wildman–Crippen LogP) is 6.33. The number of H-pyrrole nitrogens is 1. The van der Waals surface area contributed by atoms with Gasteiger partial charge >= 0.3 is 0 Å². The standard InChI is InChI=1S/C18H13BrCl2N2O/c1-24-17-6-3-12(19)8-11(17)2-7-18-22-10-16(23-18)14-5-4-13(20)9-15(14)21/h2-10H,1H3,(H,22,23)/b7-2+. The van der Waals surface area contributed by atoms with Gasteiger partial charge in [-0.3, -0.25) is 0 Å². The van der Waals surface area contributed by atoms with E-state index >= 15 is 0 Å². The van der Waals surface area contributed by atoms with Crippen LogP contribution in [-0.2, 0) is 0 Å². The number of benzene rings is 2. The minimum atomic E-state index is 0.579. The summed E-state index contributed by atoms with van der Waals surface area (Å²) < 4.78 is 6.34. The van der Waals surface area contributed by atoms with Crippen molar-refractivity contribution < 1.29 is 4.74 Å². The van der Waals surface area contributed by atoms with Crippen LogP contribution in [0.4, 0.5) is 0 Å². The Labute approximate surface area is 158 Å². The summed E-state index contributed by atoms with van der Waals surface area (Å²) in [6, 6.07) is 11.2. The molecule has 0 atom stereocenters. The molecule has 3 nitrogen and oxygen atoms in total. The first-order valence-corrected chi connectivity index (χ1v) is 8.64. The maximum absolute atomic E-state index is 6.23. The summed E-state index contributed by atoms with van der Waals surface area (Å²) in [5, 5.41) is 1.18. The molecule has 0 saturated carbocycles. The summed E-state index contributed by atoms with van der Waals surface area (Å²) in [4.78, 5) is 7.60. The maximum atomic E-state index is 6.23. The van der Waals surface area contributed by atoms with Gasteiger partial charge in [0.05, 0.1) is 24.0 Å². The number of aromatic nitrogens is 2. The average molecular weight is 424 g/mol. The molecule has 3 rings (SSSR count). The van der Waals surface area contributed by atoms with E-state index in [0.29, 0.717) is 10.0 Å². The Balaban J connectivity index is 1.88. The second-order valence-corrected chi connectivity index (χ2v) is 6.79. The minimum Gasteiger partial charge on any atom is -0.496 e. The quantitative estimate of drug-likeness (QED) is 0.532. The van der Waals surface area contributed by atoms with E-state index in [1.807, 2.05) is 36.4 Å². The maximum Gasteiger partial charge on any atom is 0.130 e. The summed E-state index contributed by atoms with van der Waals surface area (Å²) in [6.07, 6.45) is 5.57. The molecule has 6 heteroatoms. The van der Waals surface area contributed by atoms with Gasteiger partial charge in [0.1, 0.15) is 11.6 Å². The Morgan fingerprint density at radius 2 is 1.96 bits per heavy atom. The number of methoxy groups -OCH3 is 1. The lowest BCUT2D eigenvalue weighted by atomic mass is 10.2. The first kappa shape index (κ1) is 17.1. The molecule has 0 aliphatic heterocycles. The number of nitrogens with zero attached hydrogens (tertiary/aromatic N) is 1. The Hall–Kier alpha value is -1.75. The molecule has 1 N–H and O–H groups in total. The molecule has 0 aliphatic carbocycles. The number of imidazole rings is 1. The van der Waals surface area contributed by atoms with Crippen molar-refractivity contribution in [2.45, 2.75) is 0 Å². The Kier molecular flexibility index (Phi) is 5.29. The summed E-state index contributed by atoms with van der Waals surface area (Å²) in [7, 11) is 1.65. The van der Waals surface area contributed by atoms with Crippen LogP contribution >= 0.6 is 39.1 Å². The largest absolute Gasteiger partial charge is 0.496 e. The summed E-state index contributed by atoms with van der Waals surface area (Å²) in [5.41, 5.74) is 2.64. The highest BCUT2D eigenvalue weighted by Crippen LogP contribution is 2.29. The van der Waals surface area contributed by atoms with Crippen molar-refractivity contribution in [1.29, 1.82) is 0 Å². The third-order valence-electron chi connectivity index (χ3n) is 3.43. The molecule has 0 amide bonds. The molecule has 1 heterocycles. The monoisotopic (exact) mass is 422 g/mol. The van der Waals surface area contributed by atoms with Crippen LogP contribution in [0.2, 0.25) is 10.0 Å². The molecule has 0 spiro atoms. The van der Waals surface area contributed by atoms with Crippen LogP contribution in [0.15, 0.2) is 47.1 Å². The Bertz CT molecular complexity index is 906. The normalized spacial score (nSPS) is 11.2. The number of ether oxygens (including phenoxy) is 1. The highest BCUT2D eigenvalue weighted by atomic mass is 79.9. The fourth-order valence-electron chi connectivity index (χ4n) is 2.27. The van der Waals surface area contributed by atoms with E-state index in [2.05, 4.69) is 25.9 Å². The number of aromatic amines is 1. The van der Waals surface area contributed by atoms with E-state index in [4.69, 9.17) is 27.9 Å². The van der Waals surface area contributed by atoms with E-state index in [9.17, 15) is 0 Å². The average Bonchev–Trinajstić information content (AvgIpc) is 3.01. The van der Waals surface area contributed by atoms with Crippen LogP contribution in [-0.4, -0.2) is 17.1 Å². The van der Waals surface area contributed by atoms with Crippen LogP contribution in [0, 0.1) is 0 Å². The van der Waals surface area contributed by atoms with Gasteiger partial charge in [0, 0.05) is 20.6 Å². The van der Waals surface area contributed by atoms with Gasteiger partial charge in [-0.15, -0.1) is 0 Å². The lowest BCUT2D eigenvalue weighted by Gasteiger charge is -2.04. The second-order valence-electron chi connectivity index (χ2n) is 5.03. The molecule has 0 fully saturated rings. The van der Waals surface area contributed by atoms with Gasteiger partial charge in [-0.25, -0.2) is 4.98 Å². The number of nitrogens with one attached hydrogen (secondary N) is 1. The molecule has 0 radical (unpaired) electrons. The fourth-order valence-corrected chi connectivity index (χ4v) is 3.16. The van der Waals surface area contributed by atoms with Crippen molar-refractivity contribution in [3.63, 3.8) is 0 Å². The molecule has 1 aromatic heterocycles. The van der Waals surface area contributed by atoms with Gasteiger partial charge in [0.15, 0.2) is 0 Å². The van der Waals surface area contributed by atoms with Crippen molar-refractivity contribution in [2.75, 3.05) is 7.11 Å². The van der Waals surface area contributed by atoms with Crippen LogP contribution < -0.4 is 4.74 Å². The summed E-state index contributed by atoms with van der Waals surface area (Å²) in [6.45, 7) is 0. The zero-order chi connectivity index (χ0) is 17.1. The summed E-state index contributed by atoms with van der Waals surface area (Å²) in [5.74, 6) is 1.51. The molecule has 2 aromatic carbocycles. The van der Waals surface area contributed by atoms with Crippen LogP contribution in [0.5, 0.6) is 5.75 Å². The van der Waals surface area contributed by atoms with Crippen molar-refractivity contribution >= 4 is 51.3 Å². The highest BCUT2D eigenvalue weighted by molar-refractivity contribution is 9.10. The lowest BCUT2D eigenvalue weighted by Crippen LogP contribution is -1.86.